The molecule has 4 heterocycles. The van der Waals surface area contributed by atoms with E-state index in [1.807, 2.05) is 19.9 Å². The summed E-state index contributed by atoms with van der Waals surface area (Å²) in [7, 11) is 0. The first kappa shape index (κ1) is 19.3. The topological polar surface area (TPSA) is 114 Å². The normalized spacial score (nSPS) is 26.9. The second-order valence-corrected chi connectivity index (χ2v) is 9.00. The van der Waals surface area contributed by atoms with E-state index in [0.29, 0.717) is 29.6 Å². The Balaban J connectivity index is 1.20. The molecule has 160 valence electrons. The van der Waals surface area contributed by atoms with Crippen LogP contribution in [0, 0.1) is 31.6 Å². The number of amides is 1. The molecular weight excluding hydrogens is 382 g/mol. The Kier molecular flexibility index (Phi) is 4.83. The van der Waals surface area contributed by atoms with Crippen molar-refractivity contribution in [1.82, 2.24) is 25.0 Å². The smallest absolute Gasteiger partial charge is 0.226 e. The highest BCUT2D eigenvalue weighted by atomic mass is 16.5. The maximum absolute atomic E-state index is 13.2. The van der Waals surface area contributed by atoms with Gasteiger partial charge >= 0.3 is 0 Å². The van der Waals surface area contributed by atoms with Crippen LogP contribution >= 0.6 is 0 Å². The number of fused-ring (bicyclic) bond motifs is 1. The molecular formula is C21H29N7O2. The van der Waals surface area contributed by atoms with Crippen LogP contribution in [-0.2, 0) is 4.79 Å². The predicted octanol–water partition coefficient (Wildman–Crippen LogP) is 1.93. The first-order valence-electron chi connectivity index (χ1n) is 10.9. The molecule has 3 aliphatic rings. The number of likely N-dealkylation sites (tertiary alicyclic amines) is 1. The van der Waals surface area contributed by atoms with Gasteiger partial charge < -0.3 is 20.1 Å². The number of carbonyl (C=O) groups excluding carboxylic acids is 1. The number of aryl methyl sites for hydroxylation is 2. The van der Waals surface area contributed by atoms with E-state index in [1.165, 1.54) is 0 Å². The number of hydrogen-bond acceptors (Lipinski definition) is 8. The summed E-state index contributed by atoms with van der Waals surface area (Å²) in [5.74, 6) is 4.37. The van der Waals surface area contributed by atoms with Gasteiger partial charge in [0.25, 0.3) is 0 Å². The Labute approximate surface area is 176 Å². The molecule has 1 saturated carbocycles. The van der Waals surface area contributed by atoms with Crippen LogP contribution in [0.15, 0.2) is 10.6 Å². The van der Waals surface area contributed by atoms with E-state index in [9.17, 15) is 4.79 Å². The van der Waals surface area contributed by atoms with Crippen LogP contribution in [0.1, 0.15) is 49.0 Å². The van der Waals surface area contributed by atoms with Crippen LogP contribution in [0.5, 0.6) is 0 Å². The van der Waals surface area contributed by atoms with Gasteiger partial charge in [0.1, 0.15) is 5.82 Å². The van der Waals surface area contributed by atoms with Crippen molar-refractivity contribution in [1.29, 1.82) is 0 Å². The summed E-state index contributed by atoms with van der Waals surface area (Å²) in [6, 6.07) is 1.98. The molecule has 0 unspecified atom stereocenters. The minimum absolute atomic E-state index is 0.127. The number of nitrogens with two attached hydrogens (primary N) is 1. The number of piperidine rings is 2. The fraction of sp³-hybridized carbons (Fsp3) is 0.667. The number of rotatable bonds is 3. The zero-order valence-corrected chi connectivity index (χ0v) is 17.6. The molecule has 2 aromatic rings. The van der Waals surface area contributed by atoms with Crippen LogP contribution < -0.4 is 10.6 Å². The lowest BCUT2D eigenvalue weighted by Crippen LogP contribution is -2.56. The van der Waals surface area contributed by atoms with Crippen molar-refractivity contribution in [2.75, 3.05) is 36.8 Å². The molecule has 2 N–H and O–H groups in total. The fourth-order valence-electron chi connectivity index (χ4n) is 5.39. The minimum Gasteiger partial charge on any atom is -0.368 e. The van der Waals surface area contributed by atoms with E-state index in [-0.39, 0.29) is 11.8 Å². The van der Waals surface area contributed by atoms with Crippen molar-refractivity contribution in [3.8, 4) is 0 Å². The zero-order valence-electron chi connectivity index (χ0n) is 17.6. The van der Waals surface area contributed by atoms with Gasteiger partial charge in [-0.05, 0) is 44.4 Å². The second kappa shape index (κ2) is 7.52. The molecule has 0 aromatic carbocycles. The van der Waals surface area contributed by atoms with Crippen molar-refractivity contribution < 1.29 is 9.32 Å². The first-order chi connectivity index (χ1) is 14.5. The Morgan fingerprint density at radius 1 is 1.13 bits per heavy atom. The Morgan fingerprint density at radius 3 is 2.63 bits per heavy atom. The maximum Gasteiger partial charge on any atom is 0.226 e. The lowest BCUT2D eigenvalue weighted by molar-refractivity contribution is -0.146. The van der Waals surface area contributed by atoms with Crippen molar-refractivity contribution in [3.05, 3.63) is 23.5 Å². The summed E-state index contributed by atoms with van der Waals surface area (Å²) >= 11 is 0. The molecule has 1 amide bonds. The van der Waals surface area contributed by atoms with Crippen LogP contribution in [0.4, 0.5) is 11.8 Å². The van der Waals surface area contributed by atoms with Gasteiger partial charge in [-0.15, -0.1) is 0 Å². The van der Waals surface area contributed by atoms with E-state index in [1.54, 1.807) is 0 Å². The zero-order chi connectivity index (χ0) is 20.8. The molecule has 1 aliphatic carbocycles. The quantitative estimate of drug-likeness (QED) is 0.815. The van der Waals surface area contributed by atoms with E-state index in [0.717, 1.165) is 69.2 Å². The molecule has 5 rings (SSSR count). The SMILES string of the molecule is Cc1cc(N2CC[C@@H]3C[C@@H](C(=O)N4CCC(c5noc(C)n5)CC4)[C@@H]3C2)nc(N)n1. The summed E-state index contributed by atoms with van der Waals surface area (Å²) in [5.41, 5.74) is 6.72. The average molecular weight is 412 g/mol. The lowest BCUT2D eigenvalue weighted by Gasteiger charge is -2.51. The standard InChI is InChI=1S/C21H29N7O2/c1-12-9-18(25-21(22)23-12)28-8-5-15-10-16(17(15)11-28)20(29)27-6-3-14(4-7-27)19-24-13(2)30-26-19/h9,14-17H,3-8,10-11H2,1-2H3,(H2,22,23,25)/t15-,16-,17-/m1/s1. The number of hydrogen-bond donors (Lipinski definition) is 1. The molecule has 30 heavy (non-hydrogen) atoms. The molecule has 9 heteroatoms. The largest absolute Gasteiger partial charge is 0.368 e. The van der Waals surface area contributed by atoms with E-state index < -0.39 is 0 Å². The summed E-state index contributed by atoms with van der Waals surface area (Å²) in [6.45, 7) is 7.13. The Bertz CT molecular complexity index is 917. The van der Waals surface area contributed by atoms with Gasteiger partial charge in [-0.1, -0.05) is 5.16 Å². The van der Waals surface area contributed by atoms with Crippen molar-refractivity contribution >= 4 is 17.7 Å². The summed E-state index contributed by atoms with van der Waals surface area (Å²) < 4.78 is 5.11. The van der Waals surface area contributed by atoms with Gasteiger partial charge in [0.2, 0.25) is 17.7 Å². The molecule has 0 bridgehead atoms. The molecule has 3 atom stereocenters. The van der Waals surface area contributed by atoms with E-state index in [2.05, 4.69) is 29.9 Å². The molecule has 0 spiro atoms. The monoisotopic (exact) mass is 411 g/mol. The highest BCUT2D eigenvalue weighted by molar-refractivity contribution is 5.80. The number of aromatic nitrogens is 4. The number of anilines is 2. The van der Waals surface area contributed by atoms with E-state index in [4.69, 9.17) is 10.3 Å². The molecule has 3 fully saturated rings. The van der Waals surface area contributed by atoms with Gasteiger partial charge in [0.15, 0.2) is 5.82 Å². The van der Waals surface area contributed by atoms with Crippen molar-refractivity contribution in [2.24, 2.45) is 17.8 Å². The van der Waals surface area contributed by atoms with Gasteiger partial charge in [-0.2, -0.15) is 9.97 Å². The molecule has 2 saturated heterocycles. The number of carbonyl (C=O) groups is 1. The summed E-state index contributed by atoms with van der Waals surface area (Å²) in [6.07, 6.45) is 3.93. The lowest BCUT2D eigenvalue weighted by atomic mass is 9.61. The number of nitrogens with zero attached hydrogens (tertiary/aromatic N) is 6. The fourth-order valence-corrected chi connectivity index (χ4v) is 5.39. The number of nitrogen functional groups attached to an aromatic ring is 1. The van der Waals surface area contributed by atoms with Crippen LogP contribution in [0.2, 0.25) is 0 Å². The molecule has 9 nitrogen and oxygen atoms in total. The Morgan fingerprint density at radius 2 is 1.93 bits per heavy atom. The summed E-state index contributed by atoms with van der Waals surface area (Å²) in [4.78, 5) is 30.5. The van der Waals surface area contributed by atoms with Crippen LogP contribution in [0.25, 0.3) is 0 Å². The van der Waals surface area contributed by atoms with Crippen LogP contribution in [-0.4, -0.2) is 57.1 Å². The molecule has 2 aliphatic heterocycles. The van der Waals surface area contributed by atoms with Crippen LogP contribution in [0.3, 0.4) is 0 Å². The third-order valence-electron chi connectivity index (χ3n) is 7.09. The second-order valence-electron chi connectivity index (χ2n) is 9.00. The Hall–Kier alpha value is -2.71. The highest BCUT2D eigenvalue weighted by Gasteiger charge is 2.49. The van der Waals surface area contributed by atoms with Gasteiger partial charge in [0.05, 0.1) is 0 Å². The van der Waals surface area contributed by atoms with Crippen molar-refractivity contribution in [2.45, 2.75) is 45.4 Å². The summed E-state index contributed by atoms with van der Waals surface area (Å²) in [5, 5.41) is 4.06. The molecule has 2 aromatic heterocycles. The molecule has 0 radical (unpaired) electrons. The van der Waals surface area contributed by atoms with Crippen molar-refractivity contribution in [3.63, 3.8) is 0 Å². The maximum atomic E-state index is 13.2. The third kappa shape index (κ3) is 3.50. The van der Waals surface area contributed by atoms with Gasteiger partial charge in [0, 0.05) is 56.7 Å². The van der Waals surface area contributed by atoms with Gasteiger partial charge in [-0.3, -0.25) is 4.79 Å². The van der Waals surface area contributed by atoms with Gasteiger partial charge in [-0.25, -0.2) is 4.98 Å². The minimum atomic E-state index is 0.127. The third-order valence-corrected chi connectivity index (χ3v) is 7.09. The average Bonchev–Trinajstić information content (AvgIpc) is 3.14. The van der Waals surface area contributed by atoms with E-state index >= 15 is 0 Å². The first-order valence-corrected chi connectivity index (χ1v) is 10.9. The highest BCUT2D eigenvalue weighted by Crippen LogP contribution is 2.47. The predicted molar refractivity (Wildman–Crippen MR) is 111 cm³/mol.